The van der Waals surface area contributed by atoms with Crippen LogP contribution in [0.25, 0.3) is 0 Å². The van der Waals surface area contributed by atoms with Gasteiger partial charge in [0.15, 0.2) is 0 Å². The molecule has 3 heteroatoms. The molecule has 1 aliphatic heterocycles. The predicted molar refractivity (Wildman–Crippen MR) is 66.7 cm³/mol. The van der Waals surface area contributed by atoms with Gasteiger partial charge in [0.1, 0.15) is 0 Å². The van der Waals surface area contributed by atoms with Crippen LogP contribution in [0.2, 0.25) is 5.02 Å². The Labute approximate surface area is 101 Å². The summed E-state index contributed by atoms with van der Waals surface area (Å²) in [7, 11) is 0. The Hall–Kier alpha value is -1.20. The molecule has 84 valence electrons. The average Bonchev–Trinajstić information content (AvgIpc) is 2.29. The van der Waals surface area contributed by atoms with E-state index in [0.717, 1.165) is 31.0 Å². The Bertz CT molecular complexity index is 414. The predicted octanol–water partition coefficient (Wildman–Crippen LogP) is 3.39. The molecule has 1 fully saturated rings. The first-order chi connectivity index (χ1) is 7.70. The second-order valence-electron chi connectivity index (χ2n) is 4.32. The van der Waals surface area contributed by atoms with Crippen molar-refractivity contribution in [3.8, 4) is 6.07 Å². The van der Waals surface area contributed by atoms with E-state index >= 15 is 0 Å². The van der Waals surface area contributed by atoms with E-state index in [2.05, 4.69) is 24.0 Å². The van der Waals surface area contributed by atoms with Gasteiger partial charge in [0, 0.05) is 29.7 Å². The van der Waals surface area contributed by atoms with E-state index in [1.54, 1.807) is 0 Å². The van der Waals surface area contributed by atoms with Crippen molar-refractivity contribution in [3.05, 3.63) is 28.8 Å². The molecular formula is C13H15ClN2. The summed E-state index contributed by atoms with van der Waals surface area (Å²) >= 11 is 5.94. The summed E-state index contributed by atoms with van der Waals surface area (Å²) in [5, 5.41) is 9.64. The number of hydrogen-bond acceptors (Lipinski definition) is 2. The lowest BCUT2D eigenvalue weighted by molar-refractivity contribution is 0.487. The van der Waals surface area contributed by atoms with E-state index in [1.807, 2.05) is 12.1 Å². The van der Waals surface area contributed by atoms with Crippen molar-refractivity contribution in [3.63, 3.8) is 0 Å². The standard InChI is InChI=1S/C13H15ClN2/c1-10-8-12(14)2-3-13(10)16-6-4-11(9-15)5-7-16/h2-3,8,11H,4-7H2,1H3. The number of anilines is 1. The van der Waals surface area contributed by atoms with E-state index in [0.29, 0.717) is 0 Å². The Morgan fingerprint density at radius 2 is 2.06 bits per heavy atom. The maximum Gasteiger partial charge on any atom is 0.0657 e. The van der Waals surface area contributed by atoms with Gasteiger partial charge in [0.25, 0.3) is 0 Å². The molecule has 1 heterocycles. The molecular weight excluding hydrogens is 220 g/mol. The minimum Gasteiger partial charge on any atom is -0.371 e. The van der Waals surface area contributed by atoms with Gasteiger partial charge in [-0.15, -0.1) is 0 Å². The van der Waals surface area contributed by atoms with Crippen molar-refractivity contribution >= 4 is 17.3 Å². The molecule has 0 radical (unpaired) electrons. The molecule has 0 aliphatic carbocycles. The zero-order valence-corrected chi connectivity index (χ0v) is 10.2. The van der Waals surface area contributed by atoms with Gasteiger partial charge in [0.2, 0.25) is 0 Å². The molecule has 1 aromatic carbocycles. The van der Waals surface area contributed by atoms with Crippen LogP contribution in [0.4, 0.5) is 5.69 Å². The highest BCUT2D eigenvalue weighted by molar-refractivity contribution is 6.30. The highest BCUT2D eigenvalue weighted by atomic mass is 35.5. The number of rotatable bonds is 1. The van der Waals surface area contributed by atoms with Crippen LogP contribution in [0.5, 0.6) is 0 Å². The van der Waals surface area contributed by atoms with Crippen molar-refractivity contribution in [1.29, 1.82) is 5.26 Å². The third-order valence-corrected chi connectivity index (χ3v) is 3.41. The molecule has 2 rings (SSSR count). The van der Waals surface area contributed by atoms with Gasteiger partial charge in [-0.2, -0.15) is 5.26 Å². The summed E-state index contributed by atoms with van der Waals surface area (Å²) in [4.78, 5) is 2.35. The number of nitriles is 1. The third kappa shape index (κ3) is 2.31. The van der Waals surface area contributed by atoms with E-state index in [9.17, 15) is 0 Å². The smallest absolute Gasteiger partial charge is 0.0657 e. The van der Waals surface area contributed by atoms with E-state index in [4.69, 9.17) is 16.9 Å². The number of hydrogen-bond donors (Lipinski definition) is 0. The number of aryl methyl sites for hydroxylation is 1. The first-order valence-electron chi connectivity index (χ1n) is 5.61. The molecule has 2 nitrogen and oxygen atoms in total. The van der Waals surface area contributed by atoms with Crippen molar-refractivity contribution in [2.45, 2.75) is 19.8 Å². The largest absolute Gasteiger partial charge is 0.371 e. The van der Waals surface area contributed by atoms with Crippen LogP contribution in [0, 0.1) is 24.2 Å². The van der Waals surface area contributed by atoms with Gasteiger partial charge in [-0.3, -0.25) is 0 Å². The normalized spacial score (nSPS) is 17.2. The minimum atomic E-state index is 0.240. The van der Waals surface area contributed by atoms with Crippen LogP contribution in [0.1, 0.15) is 18.4 Å². The maximum atomic E-state index is 8.85. The van der Waals surface area contributed by atoms with E-state index in [-0.39, 0.29) is 5.92 Å². The SMILES string of the molecule is Cc1cc(Cl)ccc1N1CCC(C#N)CC1. The van der Waals surface area contributed by atoms with Gasteiger partial charge in [-0.05, 0) is 43.5 Å². The lowest BCUT2D eigenvalue weighted by Crippen LogP contribution is -2.33. The second-order valence-corrected chi connectivity index (χ2v) is 4.76. The van der Waals surface area contributed by atoms with E-state index in [1.165, 1.54) is 11.3 Å². The summed E-state index contributed by atoms with van der Waals surface area (Å²) in [6.07, 6.45) is 1.94. The molecule has 16 heavy (non-hydrogen) atoms. The lowest BCUT2D eigenvalue weighted by atomic mass is 9.97. The van der Waals surface area contributed by atoms with Gasteiger partial charge in [-0.1, -0.05) is 11.6 Å². The van der Waals surface area contributed by atoms with Crippen LogP contribution >= 0.6 is 11.6 Å². The topological polar surface area (TPSA) is 27.0 Å². The van der Waals surface area contributed by atoms with Crippen LogP contribution in [-0.2, 0) is 0 Å². The van der Waals surface area contributed by atoms with Crippen LogP contribution in [0.3, 0.4) is 0 Å². The van der Waals surface area contributed by atoms with Gasteiger partial charge >= 0.3 is 0 Å². The van der Waals surface area contributed by atoms with Crippen LogP contribution in [0.15, 0.2) is 18.2 Å². The Morgan fingerprint density at radius 1 is 1.38 bits per heavy atom. The van der Waals surface area contributed by atoms with Crippen molar-refractivity contribution in [2.24, 2.45) is 5.92 Å². The number of halogens is 1. The van der Waals surface area contributed by atoms with E-state index < -0.39 is 0 Å². The summed E-state index contributed by atoms with van der Waals surface area (Å²) in [5.74, 6) is 0.240. The molecule has 0 spiro atoms. The van der Waals surface area contributed by atoms with Crippen molar-refractivity contribution in [2.75, 3.05) is 18.0 Å². The number of benzene rings is 1. The van der Waals surface area contributed by atoms with Crippen molar-refractivity contribution in [1.82, 2.24) is 0 Å². The van der Waals surface area contributed by atoms with Gasteiger partial charge in [-0.25, -0.2) is 0 Å². The molecule has 0 bridgehead atoms. The fourth-order valence-corrected chi connectivity index (χ4v) is 2.45. The molecule has 1 aliphatic rings. The average molecular weight is 235 g/mol. The summed E-state index contributed by atoms with van der Waals surface area (Å²) < 4.78 is 0. The highest BCUT2D eigenvalue weighted by Crippen LogP contribution is 2.27. The molecule has 0 unspecified atom stereocenters. The summed E-state index contributed by atoms with van der Waals surface area (Å²) in [5.41, 5.74) is 2.46. The van der Waals surface area contributed by atoms with Gasteiger partial charge < -0.3 is 4.90 Å². The molecule has 1 saturated heterocycles. The molecule has 0 N–H and O–H groups in total. The number of piperidine rings is 1. The summed E-state index contributed by atoms with van der Waals surface area (Å²) in [6, 6.07) is 8.35. The van der Waals surface area contributed by atoms with Crippen LogP contribution in [-0.4, -0.2) is 13.1 Å². The highest BCUT2D eigenvalue weighted by Gasteiger charge is 2.19. The fraction of sp³-hybridized carbons (Fsp3) is 0.462. The third-order valence-electron chi connectivity index (χ3n) is 3.18. The Balaban J connectivity index is 2.12. The zero-order valence-electron chi connectivity index (χ0n) is 9.41. The lowest BCUT2D eigenvalue weighted by Gasteiger charge is -2.32. The first-order valence-corrected chi connectivity index (χ1v) is 5.99. The molecule has 0 amide bonds. The maximum absolute atomic E-state index is 8.85. The number of nitrogens with zero attached hydrogens (tertiary/aromatic N) is 2. The second kappa shape index (κ2) is 4.76. The van der Waals surface area contributed by atoms with Crippen LogP contribution < -0.4 is 4.90 Å². The first kappa shape index (κ1) is 11.3. The zero-order chi connectivity index (χ0) is 11.5. The van der Waals surface area contributed by atoms with Gasteiger partial charge in [0.05, 0.1) is 6.07 Å². The quantitative estimate of drug-likeness (QED) is 0.745. The molecule has 1 aromatic rings. The molecule has 0 saturated carbocycles. The fourth-order valence-electron chi connectivity index (χ4n) is 2.22. The monoisotopic (exact) mass is 234 g/mol. The summed E-state index contributed by atoms with van der Waals surface area (Å²) in [6.45, 7) is 4.03. The Morgan fingerprint density at radius 3 is 2.62 bits per heavy atom. The molecule has 0 aromatic heterocycles. The molecule has 0 atom stereocenters. The Kier molecular flexibility index (Phi) is 3.36. The van der Waals surface area contributed by atoms with Crippen molar-refractivity contribution < 1.29 is 0 Å². The minimum absolute atomic E-state index is 0.240.